The van der Waals surface area contributed by atoms with Gasteiger partial charge >= 0.3 is 5.97 Å². The van der Waals surface area contributed by atoms with Gasteiger partial charge in [0.25, 0.3) is 0 Å². The molecular formula is C17H26O4. The number of aliphatic hydroxyl groups is 1. The molecule has 0 aliphatic heterocycles. The third-order valence-corrected chi connectivity index (χ3v) is 5.10. The molecule has 0 aromatic rings. The predicted octanol–water partition coefficient (Wildman–Crippen LogP) is 3.09. The molecule has 1 saturated carbocycles. The van der Waals surface area contributed by atoms with Gasteiger partial charge in [0.1, 0.15) is 0 Å². The van der Waals surface area contributed by atoms with Gasteiger partial charge in [-0.25, -0.2) is 0 Å². The third-order valence-electron chi connectivity index (χ3n) is 5.10. The summed E-state index contributed by atoms with van der Waals surface area (Å²) in [6.45, 7) is 2.05. The van der Waals surface area contributed by atoms with Crippen LogP contribution in [0.1, 0.15) is 64.7 Å². The molecule has 0 heterocycles. The number of unbranched alkanes of at least 4 members (excludes halogenated alkanes) is 3. The number of rotatable bonds is 7. The molecule has 2 aliphatic carbocycles. The average Bonchev–Trinajstić information content (AvgIpc) is 2.75. The fourth-order valence-corrected chi connectivity index (χ4v) is 3.75. The molecule has 4 nitrogen and oxygen atoms in total. The van der Waals surface area contributed by atoms with E-state index in [1.807, 2.05) is 0 Å². The second kappa shape index (κ2) is 7.21. The standard InChI is InChI=1S/C17H26O4/c1-11-14-10-16(19)13(12(14)8-9-15(11)18)6-4-2-3-5-7-17(20)21/h11,14-15,18H,2-10H2,1H3,(H,20,21). The van der Waals surface area contributed by atoms with Gasteiger partial charge in [0.15, 0.2) is 5.78 Å². The molecule has 21 heavy (non-hydrogen) atoms. The van der Waals surface area contributed by atoms with Crippen LogP contribution in [-0.4, -0.2) is 28.1 Å². The number of aliphatic carboxylic acids is 1. The Morgan fingerprint density at radius 1 is 1.24 bits per heavy atom. The van der Waals surface area contributed by atoms with E-state index in [9.17, 15) is 14.7 Å². The van der Waals surface area contributed by atoms with Crippen molar-refractivity contribution in [3.8, 4) is 0 Å². The third kappa shape index (κ3) is 3.94. The van der Waals surface area contributed by atoms with Crippen LogP contribution in [0.5, 0.6) is 0 Å². The summed E-state index contributed by atoms with van der Waals surface area (Å²) >= 11 is 0. The van der Waals surface area contributed by atoms with Gasteiger partial charge in [0.2, 0.25) is 0 Å². The Balaban J connectivity index is 1.82. The van der Waals surface area contributed by atoms with E-state index in [0.29, 0.717) is 6.42 Å². The predicted molar refractivity (Wildman–Crippen MR) is 79.9 cm³/mol. The molecule has 2 N–H and O–H groups in total. The van der Waals surface area contributed by atoms with Crippen molar-refractivity contribution in [2.75, 3.05) is 0 Å². The Morgan fingerprint density at radius 2 is 1.95 bits per heavy atom. The van der Waals surface area contributed by atoms with E-state index >= 15 is 0 Å². The maximum atomic E-state index is 12.2. The van der Waals surface area contributed by atoms with E-state index in [2.05, 4.69) is 6.92 Å². The van der Waals surface area contributed by atoms with E-state index < -0.39 is 5.97 Å². The van der Waals surface area contributed by atoms with Crippen molar-refractivity contribution >= 4 is 11.8 Å². The van der Waals surface area contributed by atoms with Crippen molar-refractivity contribution in [3.05, 3.63) is 11.1 Å². The molecule has 1 fully saturated rings. The van der Waals surface area contributed by atoms with Crippen molar-refractivity contribution in [1.82, 2.24) is 0 Å². The minimum atomic E-state index is -0.733. The smallest absolute Gasteiger partial charge is 0.303 e. The van der Waals surface area contributed by atoms with Gasteiger partial charge in [-0.3, -0.25) is 9.59 Å². The van der Waals surface area contributed by atoms with Gasteiger partial charge in [0, 0.05) is 12.8 Å². The van der Waals surface area contributed by atoms with Crippen LogP contribution in [0, 0.1) is 11.8 Å². The fourth-order valence-electron chi connectivity index (χ4n) is 3.75. The van der Waals surface area contributed by atoms with Crippen LogP contribution in [-0.2, 0) is 9.59 Å². The highest BCUT2D eigenvalue weighted by Crippen LogP contribution is 2.44. The summed E-state index contributed by atoms with van der Waals surface area (Å²) in [4.78, 5) is 22.6. The first-order chi connectivity index (χ1) is 10.0. The first kappa shape index (κ1) is 16.2. The average molecular weight is 294 g/mol. The van der Waals surface area contributed by atoms with E-state index in [1.54, 1.807) is 0 Å². The van der Waals surface area contributed by atoms with Gasteiger partial charge in [-0.15, -0.1) is 0 Å². The second-order valence-corrected chi connectivity index (χ2v) is 6.51. The molecular weight excluding hydrogens is 268 g/mol. The second-order valence-electron chi connectivity index (χ2n) is 6.51. The summed E-state index contributed by atoms with van der Waals surface area (Å²) in [6.07, 6.45) is 6.64. The maximum Gasteiger partial charge on any atom is 0.303 e. The van der Waals surface area contributed by atoms with Gasteiger partial charge in [-0.1, -0.05) is 25.3 Å². The number of carboxylic acids is 1. The van der Waals surface area contributed by atoms with Crippen molar-refractivity contribution in [2.24, 2.45) is 11.8 Å². The molecule has 4 heteroatoms. The highest BCUT2D eigenvalue weighted by atomic mass is 16.4. The van der Waals surface area contributed by atoms with Gasteiger partial charge in [-0.2, -0.15) is 0 Å². The summed E-state index contributed by atoms with van der Waals surface area (Å²) in [6, 6.07) is 0. The maximum absolute atomic E-state index is 12.2. The van der Waals surface area contributed by atoms with Crippen molar-refractivity contribution < 1.29 is 19.8 Å². The lowest BCUT2D eigenvalue weighted by Gasteiger charge is -2.32. The summed E-state index contributed by atoms with van der Waals surface area (Å²) in [5.41, 5.74) is 2.33. The topological polar surface area (TPSA) is 74.6 Å². The number of carbonyl (C=O) groups excluding carboxylic acids is 1. The Kier molecular flexibility index (Phi) is 5.57. The summed E-state index contributed by atoms with van der Waals surface area (Å²) in [5.74, 6) is 0.0130. The number of Topliss-reactive ketones (excluding diaryl/α,β-unsaturated/α-hetero) is 1. The van der Waals surface area contributed by atoms with Gasteiger partial charge in [-0.05, 0) is 49.5 Å². The van der Waals surface area contributed by atoms with E-state index in [1.165, 1.54) is 5.57 Å². The zero-order valence-electron chi connectivity index (χ0n) is 12.8. The zero-order valence-corrected chi connectivity index (χ0v) is 12.8. The Morgan fingerprint density at radius 3 is 2.67 bits per heavy atom. The lowest BCUT2D eigenvalue weighted by molar-refractivity contribution is -0.137. The molecule has 0 aromatic heterocycles. The van der Waals surface area contributed by atoms with Crippen LogP contribution in [0.15, 0.2) is 11.1 Å². The summed E-state index contributed by atoms with van der Waals surface area (Å²) < 4.78 is 0. The molecule has 0 aromatic carbocycles. The number of hydrogen-bond donors (Lipinski definition) is 2. The SMILES string of the molecule is CC1C(O)CCC2=C(CCCCCCC(=O)O)C(=O)CC21. The molecule has 0 radical (unpaired) electrons. The normalized spacial score (nSPS) is 28.9. The monoisotopic (exact) mass is 294 g/mol. The van der Waals surface area contributed by atoms with Crippen molar-refractivity contribution in [3.63, 3.8) is 0 Å². The minimum absolute atomic E-state index is 0.200. The molecule has 2 rings (SSSR count). The Labute approximate surface area is 126 Å². The quantitative estimate of drug-likeness (QED) is 0.708. The fraction of sp³-hybridized carbons (Fsp3) is 0.765. The molecule has 0 saturated heterocycles. The number of hydrogen-bond acceptors (Lipinski definition) is 3. The Hall–Kier alpha value is -1.16. The van der Waals surface area contributed by atoms with Gasteiger partial charge in [0.05, 0.1) is 6.10 Å². The lowest BCUT2D eigenvalue weighted by atomic mass is 9.75. The zero-order chi connectivity index (χ0) is 15.4. The molecule has 2 aliphatic rings. The van der Waals surface area contributed by atoms with E-state index in [-0.39, 0.29) is 30.1 Å². The molecule has 118 valence electrons. The molecule has 0 amide bonds. The summed E-state index contributed by atoms with van der Waals surface area (Å²) in [5, 5.41) is 18.5. The highest BCUT2D eigenvalue weighted by Gasteiger charge is 2.40. The molecule has 3 atom stereocenters. The van der Waals surface area contributed by atoms with Crippen molar-refractivity contribution in [1.29, 1.82) is 0 Å². The molecule has 3 unspecified atom stereocenters. The molecule has 0 bridgehead atoms. The first-order valence-electron chi connectivity index (χ1n) is 8.15. The number of carbonyl (C=O) groups is 2. The van der Waals surface area contributed by atoms with Crippen LogP contribution in [0.2, 0.25) is 0 Å². The number of aliphatic hydroxyl groups excluding tert-OH is 1. The van der Waals surface area contributed by atoms with Crippen LogP contribution >= 0.6 is 0 Å². The van der Waals surface area contributed by atoms with Crippen molar-refractivity contribution in [2.45, 2.75) is 70.8 Å². The minimum Gasteiger partial charge on any atom is -0.481 e. The lowest BCUT2D eigenvalue weighted by Crippen LogP contribution is -2.30. The molecule has 0 spiro atoms. The van der Waals surface area contributed by atoms with Gasteiger partial charge < -0.3 is 10.2 Å². The van der Waals surface area contributed by atoms with E-state index in [4.69, 9.17) is 5.11 Å². The van der Waals surface area contributed by atoms with Crippen LogP contribution in [0.3, 0.4) is 0 Å². The van der Waals surface area contributed by atoms with Crippen LogP contribution < -0.4 is 0 Å². The number of ketones is 1. The largest absolute Gasteiger partial charge is 0.481 e. The number of fused-ring (bicyclic) bond motifs is 1. The van der Waals surface area contributed by atoms with Crippen LogP contribution in [0.25, 0.3) is 0 Å². The first-order valence-corrected chi connectivity index (χ1v) is 8.15. The Bertz CT molecular complexity index is 438. The summed E-state index contributed by atoms with van der Waals surface area (Å²) in [7, 11) is 0. The van der Waals surface area contributed by atoms with E-state index in [0.717, 1.165) is 50.5 Å². The van der Waals surface area contributed by atoms with Crippen LogP contribution in [0.4, 0.5) is 0 Å². The highest BCUT2D eigenvalue weighted by molar-refractivity contribution is 5.99. The number of allylic oxidation sites excluding steroid dienone is 2. The number of carboxylic acid groups (broad SMARTS) is 1.